The number of hydrogen-bond acceptors (Lipinski definition) is 4. The third-order valence-corrected chi connectivity index (χ3v) is 1.84. The molecular formula is C10H11FN2O3. The van der Waals surface area contributed by atoms with Crippen molar-refractivity contribution in [1.29, 1.82) is 0 Å². The molecule has 0 bridgehead atoms. The number of ether oxygens (including phenoxy) is 1. The molecule has 0 aliphatic carbocycles. The van der Waals surface area contributed by atoms with E-state index >= 15 is 0 Å². The number of halogens is 1. The van der Waals surface area contributed by atoms with E-state index in [1.165, 1.54) is 24.3 Å². The van der Waals surface area contributed by atoms with E-state index < -0.39 is 5.97 Å². The molecule has 0 aliphatic heterocycles. The van der Waals surface area contributed by atoms with Crippen LogP contribution in [0.2, 0.25) is 0 Å². The number of hydrogen-bond donors (Lipinski definition) is 2. The topological polar surface area (TPSA) is 70.9 Å². The number of carbonyl (C=O) groups is 1. The summed E-state index contributed by atoms with van der Waals surface area (Å²) in [6.45, 7) is 1.94. The van der Waals surface area contributed by atoms with E-state index in [1.54, 1.807) is 12.4 Å². The summed E-state index contributed by atoms with van der Waals surface area (Å²) in [6, 6.07) is 5.91. The average Bonchev–Trinajstić information content (AvgIpc) is 2.31. The van der Waals surface area contributed by atoms with Crippen molar-refractivity contribution < 1.29 is 19.2 Å². The van der Waals surface area contributed by atoms with E-state index in [0.29, 0.717) is 0 Å². The Balaban J connectivity index is 2.99. The second kappa shape index (κ2) is 5.82. The lowest BCUT2D eigenvalue weighted by Crippen LogP contribution is -2.20. The number of rotatable bonds is 3. The first kappa shape index (κ1) is 12.1. The molecule has 16 heavy (non-hydrogen) atoms. The van der Waals surface area contributed by atoms with E-state index in [2.05, 4.69) is 5.21 Å². The molecule has 0 amide bonds. The Labute approximate surface area is 91.5 Å². The summed E-state index contributed by atoms with van der Waals surface area (Å²) in [5, 5.41) is 10.9. The normalized spacial score (nSPS) is 11.1. The fourth-order valence-electron chi connectivity index (χ4n) is 1.14. The number of hydroxylamine groups is 1. The highest BCUT2D eigenvalue weighted by Crippen LogP contribution is 2.07. The van der Waals surface area contributed by atoms with Crippen molar-refractivity contribution in [3.63, 3.8) is 0 Å². The zero-order valence-corrected chi connectivity index (χ0v) is 8.61. The molecule has 1 rings (SSSR count). The smallest absolute Gasteiger partial charge is 0.338 e. The maximum absolute atomic E-state index is 12.1. The molecule has 86 valence electrons. The van der Waals surface area contributed by atoms with Gasteiger partial charge in [0.05, 0.1) is 12.2 Å². The number of nitrogens with zero attached hydrogens (tertiary/aromatic N) is 1. The number of esters is 1. The second-order valence-corrected chi connectivity index (χ2v) is 2.85. The highest BCUT2D eigenvalue weighted by atomic mass is 19.2. The molecule has 6 heteroatoms. The van der Waals surface area contributed by atoms with Gasteiger partial charge in [0.1, 0.15) is 0 Å². The minimum absolute atomic E-state index is 0.246. The van der Waals surface area contributed by atoms with Crippen molar-refractivity contribution in [2.24, 2.45) is 5.21 Å². The molecule has 0 radical (unpaired) electrons. The predicted octanol–water partition coefficient (Wildman–Crippen LogP) is 1.47. The van der Waals surface area contributed by atoms with Crippen LogP contribution in [-0.2, 0) is 4.74 Å². The fraction of sp³-hybridized carbons (Fsp3) is 0.200. The van der Waals surface area contributed by atoms with Gasteiger partial charge in [0.2, 0.25) is 0 Å². The Hall–Kier alpha value is -1.95. The van der Waals surface area contributed by atoms with Crippen molar-refractivity contribution in [3.05, 3.63) is 35.4 Å². The molecule has 0 unspecified atom stereocenters. The molecule has 0 saturated heterocycles. The Kier molecular flexibility index (Phi) is 4.41. The summed E-state index contributed by atoms with van der Waals surface area (Å²) in [6.07, 6.45) is 0. The van der Waals surface area contributed by atoms with Crippen molar-refractivity contribution in [2.75, 3.05) is 6.61 Å². The van der Waals surface area contributed by atoms with Gasteiger partial charge >= 0.3 is 5.97 Å². The van der Waals surface area contributed by atoms with E-state index in [0.717, 1.165) is 0 Å². The SMILES string of the molecule is CCOC(=O)c1cccc(/C(=N/F)NO)c1. The Morgan fingerprint density at radius 1 is 1.56 bits per heavy atom. The third kappa shape index (κ3) is 2.77. The molecule has 2 N–H and O–H groups in total. The first-order chi connectivity index (χ1) is 7.72. The largest absolute Gasteiger partial charge is 0.462 e. The minimum atomic E-state index is -0.513. The van der Waals surface area contributed by atoms with Crippen LogP contribution in [0.15, 0.2) is 29.5 Å². The van der Waals surface area contributed by atoms with E-state index in [4.69, 9.17) is 9.94 Å². The Morgan fingerprint density at radius 3 is 2.81 bits per heavy atom. The first-order valence-electron chi connectivity index (χ1n) is 4.59. The summed E-state index contributed by atoms with van der Waals surface area (Å²) in [5.41, 5.74) is 2.09. The molecular weight excluding hydrogens is 215 g/mol. The zero-order chi connectivity index (χ0) is 12.0. The zero-order valence-electron chi connectivity index (χ0n) is 8.61. The molecule has 0 atom stereocenters. The highest BCUT2D eigenvalue weighted by molar-refractivity contribution is 6.00. The molecule has 0 fully saturated rings. The predicted molar refractivity (Wildman–Crippen MR) is 55.0 cm³/mol. The average molecular weight is 226 g/mol. The summed E-state index contributed by atoms with van der Waals surface area (Å²) in [7, 11) is 0. The van der Waals surface area contributed by atoms with Crippen molar-refractivity contribution in [2.45, 2.75) is 6.92 Å². The third-order valence-electron chi connectivity index (χ3n) is 1.84. The molecule has 0 aliphatic rings. The van der Waals surface area contributed by atoms with Crippen LogP contribution in [0.1, 0.15) is 22.8 Å². The number of nitrogens with one attached hydrogen (secondary N) is 1. The monoisotopic (exact) mass is 226 g/mol. The van der Waals surface area contributed by atoms with Gasteiger partial charge in [-0.25, -0.2) is 10.3 Å². The van der Waals surface area contributed by atoms with Gasteiger partial charge in [-0.2, -0.15) is 0 Å². The molecule has 5 nitrogen and oxygen atoms in total. The van der Waals surface area contributed by atoms with E-state index in [1.807, 2.05) is 0 Å². The summed E-state index contributed by atoms with van der Waals surface area (Å²) in [5.74, 6) is -0.883. The quantitative estimate of drug-likeness (QED) is 0.354. The Morgan fingerprint density at radius 2 is 2.25 bits per heavy atom. The van der Waals surface area contributed by atoms with Crippen LogP contribution in [0.3, 0.4) is 0 Å². The van der Waals surface area contributed by atoms with Gasteiger partial charge in [0.15, 0.2) is 5.84 Å². The lowest BCUT2D eigenvalue weighted by Gasteiger charge is -2.05. The van der Waals surface area contributed by atoms with Crippen molar-refractivity contribution >= 4 is 11.8 Å². The highest BCUT2D eigenvalue weighted by Gasteiger charge is 2.09. The molecule has 0 aromatic heterocycles. The van der Waals surface area contributed by atoms with Gasteiger partial charge in [-0.1, -0.05) is 21.8 Å². The summed E-state index contributed by atoms with van der Waals surface area (Å²) >= 11 is 0. The fourth-order valence-corrected chi connectivity index (χ4v) is 1.14. The van der Waals surface area contributed by atoms with Gasteiger partial charge < -0.3 is 4.74 Å². The maximum atomic E-state index is 12.1. The van der Waals surface area contributed by atoms with E-state index in [-0.39, 0.29) is 23.6 Å². The Bertz CT molecular complexity index is 407. The lowest BCUT2D eigenvalue weighted by molar-refractivity contribution is 0.0526. The number of carbonyl (C=O) groups excluding carboxylic acids is 1. The summed E-state index contributed by atoms with van der Waals surface area (Å²) in [4.78, 5) is 11.4. The first-order valence-corrected chi connectivity index (χ1v) is 4.59. The number of amidine groups is 1. The van der Waals surface area contributed by atoms with Crippen LogP contribution < -0.4 is 5.48 Å². The molecule has 0 saturated carbocycles. The van der Waals surface area contributed by atoms with Gasteiger partial charge in [0.25, 0.3) is 0 Å². The van der Waals surface area contributed by atoms with Crippen LogP contribution in [-0.4, -0.2) is 23.6 Å². The van der Waals surface area contributed by atoms with Crippen LogP contribution in [0.5, 0.6) is 0 Å². The van der Waals surface area contributed by atoms with Crippen LogP contribution in [0, 0.1) is 0 Å². The van der Waals surface area contributed by atoms with Gasteiger partial charge in [-0.05, 0) is 19.1 Å². The van der Waals surface area contributed by atoms with Gasteiger partial charge in [0, 0.05) is 5.56 Å². The molecule has 1 aromatic rings. The maximum Gasteiger partial charge on any atom is 0.338 e. The van der Waals surface area contributed by atoms with Gasteiger partial charge in [-0.15, -0.1) is 0 Å². The second-order valence-electron chi connectivity index (χ2n) is 2.85. The minimum Gasteiger partial charge on any atom is -0.462 e. The van der Waals surface area contributed by atoms with Crippen LogP contribution >= 0.6 is 0 Å². The standard InChI is InChI=1S/C10H11FN2O3/c1-2-16-10(14)8-5-3-4-7(6-8)9(12-11)13-15/h3-6,15H,2H2,1H3,(H,12,13). The molecule has 0 heterocycles. The van der Waals surface area contributed by atoms with E-state index in [9.17, 15) is 9.28 Å². The van der Waals surface area contributed by atoms with Crippen LogP contribution in [0.25, 0.3) is 0 Å². The molecule has 1 aromatic carbocycles. The van der Waals surface area contributed by atoms with Gasteiger partial charge in [-0.3, -0.25) is 5.21 Å². The summed E-state index contributed by atoms with van der Waals surface area (Å²) < 4.78 is 16.8. The number of benzene rings is 1. The van der Waals surface area contributed by atoms with Crippen LogP contribution in [0.4, 0.5) is 4.48 Å². The van der Waals surface area contributed by atoms with Crippen molar-refractivity contribution in [1.82, 2.24) is 5.48 Å². The van der Waals surface area contributed by atoms with Crippen molar-refractivity contribution in [3.8, 4) is 0 Å². The lowest BCUT2D eigenvalue weighted by atomic mass is 10.1. The molecule has 0 spiro atoms.